The molecule has 186 valence electrons. The summed E-state index contributed by atoms with van der Waals surface area (Å²) in [6.07, 6.45) is 2.47. The van der Waals surface area contributed by atoms with E-state index in [4.69, 9.17) is 16.3 Å². The summed E-state index contributed by atoms with van der Waals surface area (Å²) < 4.78 is 5.89. The molecular formula is C24H23ClN6O5. The van der Waals surface area contributed by atoms with E-state index in [1.807, 2.05) is 6.92 Å². The van der Waals surface area contributed by atoms with Gasteiger partial charge in [0.1, 0.15) is 6.61 Å². The fourth-order valence-electron chi connectivity index (χ4n) is 3.56. The number of hydrogen-bond donors (Lipinski definition) is 4. The fourth-order valence-corrected chi connectivity index (χ4v) is 3.69. The minimum atomic E-state index is -0.693. The van der Waals surface area contributed by atoms with Gasteiger partial charge >= 0.3 is 12.1 Å². The first-order chi connectivity index (χ1) is 17.3. The molecule has 1 aromatic heterocycles. The van der Waals surface area contributed by atoms with Gasteiger partial charge in [0.25, 0.3) is 5.91 Å². The molecule has 1 fully saturated rings. The number of nitrogens with one attached hydrogen (secondary N) is 3. The van der Waals surface area contributed by atoms with Gasteiger partial charge in [-0.05, 0) is 61.0 Å². The van der Waals surface area contributed by atoms with Crippen LogP contribution >= 0.6 is 11.6 Å². The number of hydrogen-bond acceptors (Lipinski definition) is 5. The van der Waals surface area contributed by atoms with Crippen molar-refractivity contribution in [2.45, 2.75) is 6.92 Å². The number of halogens is 1. The molecule has 5 amide bonds. The van der Waals surface area contributed by atoms with E-state index in [1.165, 1.54) is 18.5 Å². The van der Waals surface area contributed by atoms with E-state index >= 15 is 0 Å². The predicted octanol–water partition coefficient (Wildman–Crippen LogP) is 3.83. The molecule has 12 heteroatoms. The van der Waals surface area contributed by atoms with Gasteiger partial charge in [-0.1, -0.05) is 11.6 Å². The Morgan fingerprint density at radius 1 is 1.06 bits per heavy atom. The van der Waals surface area contributed by atoms with Crippen LogP contribution in [-0.2, 0) is 9.53 Å². The molecule has 3 aromatic rings. The van der Waals surface area contributed by atoms with Gasteiger partial charge in [0.15, 0.2) is 0 Å². The van der Waals surface area contributed by atoms with Crippen LogP contribution in [0.25, 0.3) is 0 Å². The highest BCUT2D eigenvalue weighted by Crippen LogP contribution is 2.25. The normalized spacial score (nSPS) is 13.9. The number of morpholine rings is 1. The summed E-state index contributed by atoms with van der Waals surface area (Å²) in [5, 5.41) is 18.3. The van der Waals surface area contributed by atoms with Crippen molar-refractivity contribution in [1.82, 2.24) is 4.73 Å². The molecule has 0 spiro atoms. The van der Waals surface area contributed by atoms with E-state index in [2.05, 4.69) is 20.9 Å². The van der Waals surface area contributed by atoms with Crippen molar-refractivity contribution < 1.29 is 24.3 Å². The van der Waals surface area contributed by atoms with Crippen LogP contribution in [0.1, 0.15) is 5.56 Å². The zero-order chi connectivity index (χ0) is 25.7. The number of urea groups is 2. The Morgan fingerprint density at radius 2 is 1.81 bits per heavy atom. The fraction of sp³-hybridized carbons (Fsp3) is 0.167. The van der Waals surface area contributed by atoms with Gasteiger partial charge in [0, 0.05) is 34.8 Å². The quantitative estimate of drug-likeness (QED) is 0.395. The molecule has 36 heavy (non-hydrogen) atoms. The maximum atomic E-state index is 12.6. The summed E-state index contributed by atoms with van der Waals surface area (Å²) in [4.78, 5) is 42.8. The predicted molar refractivity (Wildman–Crippen MR) is 135 cm³/mol. The van der Waals surface area contributed by atoms with E-state index in [0.29, 0.717) is 29.5 Å². The Bertz CT molecular complexity index is 1370. The Labute approximate surface area is 210 Å². The third-order valence-electron chi connectivity index (χ3n) is 5.22. The molecule has 1 saturated heterocycles. The number of aromatic nitrogens is 1. The average molecular weight is 511 g/mol. The van der Waals surface area contributed by atoms with E-state index < -0.39 is 12.1 Å². The van der Waals surface area contributed by atoms with Crippen LogP contribution in [0.2, 0.25) is 5.02 Å². The molecule has 4 N–H and O–H groups in total. The molecule has 4 rings (SSSR count). The number of rotatable bonds is 4. The van der Waals surface area contributed by atoms with E-state index in [-0.39, 0.29) is 23.6 Å². The number of nitrogens with zero attached hydrogens (tertiary/aromatic N) is 3. The highest BCUT2D eigenvalue weighted by atomic mass is 35.5. The Morgan fingerprint density at radius 3 is 2.53 bits per heavy atom. The lowest BCUT2D eigenvalue weighted by Gasteiger charge is -2.28. The summed E-state index contributed by atoms with van der Waals surface area (Å²) in [6.45, 7) is 2.79. The summed E-state index contributed by atoms with van der Waals surface area (Å²) in [7, 11) is 0. The van der Waals surface area contributed by atoms with Crippen LogP contribution in [-0.4, -0.2) is 47.7 Å². The lowest BCUT2D eigenvalue weighted by atomic mass is 10.1. The molecule has 0 unspecified atom stereocenters. The second kappa shape index (κ2) is 10.9. The Kier molecular flexibility index (Phi) is 7.52. The van der Waals surface area contributed by atoms with Gasteiger partial charge in [-0.25, -0.2) is 9.59 Å². The first-order valence-corrected chi connectivity index (χ1v) is 11.3. The van der Waals surface area contributed by atoms with Gasteiger partial charge in [0.05, 0.1) is 23.8 Å². The molecule has 0 radical (unpaired) electrons. The summed E-state index contributed by atoms with van der Waals surface area (Å²) in [6, 6.07) is 11.7. The average Bonchev–Trinajstić information content (AvgIpc) is 2.83. The van der Waals surface area contributed by atoms with Crippen molar-refractivity contribution in [3.63, 3.8) is 0 Å². The van der Waals surface area contributed by atoms with Gasteiger partial charge < -0.3 is 30.8 Å². The number of anilines is 4. The van der Waals surface area contributed by atoms with Crippen molar-refractivity contribution in [2.24, 2.45) is 4.99 Å². The third kappa shape index (κ3) is 6.20. The first-order valence-electron chi connectivity index (χ1n) is 10.9. The topological polar surface area (TPSA) is 137 Å². The molecule has 1 aliphatic rings. The van der Waals surface area contributed by atoms with E-state index in [1.54, 1.807) is 47.4 Å². The molecule has 2 heterocycles. The number of aryl methyl sites for hydroxylation is 1. The highest BCUT2D eigenvalue weighted by Gasteiger charge is 2.21. The summed E-state index contributed by atoms with van der Waals surface area (Å²) in [5.74, 6) is -0.124. The second-order valence-corrected chi connectivity index (χ2v) is 8.29. The number of benzene rings is 2. The summed E-state index contributed by atoms with van der Waals surface area (Å²) >= 11 is 5.85. The van der Waals surface area contributed by atoms with Crippen LogP contribution in [0, 0.1) is 6.92 Å². The van der Waals surface area contributed by atoms with Gasteiger partial charge in [-0.2, -0.15) is 9.72 Å². The summed E-state index contributed by atoms with van der Waals surface area (Å²) in [5.41, 5.74) is 2.61. The van der Waals surface area contributed by atoms with Crippen LogP contribution in [0.3, 0.4) is 0 Å². The van der Waals surface area contributed by atoms with Crippen LogP contribution < -0.4 is 26.2 Å². The zero-order valence-electron chi connectivity index (χ0n) is 19.2. The Balaban J connectivity index is 1.48. The number of pyridine rings is 1. The molecule has 0 bridgehead atoms. The third-order valence-corrected chi connectivity index (χ3v) is 5.47. The highest BCUT2D eigenvalue weighted by molar-refractivity contribution is 6.30. The molecular weight excluding hydrogens is 488 g/mol. The molecule has 0 aliphatic carbocycles. The SMILES string of the molecule is Cc1cc(NC(=O)/N=c2\ccn(O)cc2NC(=O)Nc2ccc(Cl)cc2)ccc1N1CCOCC1=O. The number of amides is 5. The lowest BCUT2D eigenvalue weighted by molar-refractivity contribution is -0.125. The van der Waals surface area contributed by atoms with Crippen LogP contribution in [0.4, 0.5) is 32.3 Å². The minimum absolute atomic E-state index is 0.0375. The smallest absolute Gasteiger partial charge is 0.345 e. The standard InChI is InChI=1S/C24H23ClN6O5/c1-15-12-18(6-7-21(15)31-10-11-36-14-22(31)32)27-24(34)28-19-8-9-30(35)13-20(19)29-23(33)26-17-4-2-16(25)3-5-17/h2-9,12-13,35H,10-11,14H2,1H3,(H,27,34)(H2,26,29,33)/b28-19+. The Hall–Kier alpha value is -4.35. The van der Waals surface area contributed by atoms with Crippen molar-refractivity contribution in [3.05, 3.63) is 76.9 Å². The van der Waals surface area contributed by atoms with Gasteiger partial charge in [-0.15, -0.1) is 0 Å². The lowest BCUT2D eigenvalue weighted by Crippen LogP contribution is -2.42. The van der Waals surface area contributed by atoms with Gasteiger partial charge in [-0.3, -0.25) is 4.79 Å². The van der Waals surface area contributed by atoms with E-state index in [9.17, 15) is 19.6 Å². The largest absolute Gasteiger partial charge is 0.429 e. The maximum Gasteiger partial charge on any atom is 0.345 e. The number of ether oxygens (including phenoxy) is 1. The second-order valence-electron chi connectivity index (χ2n) is 7.85. The van der Waals surface area contributed by atoms with Crippen LogP contribution in [0.15, 0.2) is 65.9 Å². The zero-order valence-corrected chi connectivity index (χ0v) is 20.0. The molecule has 0 saturated carbocycles. The first kappa shape index (κ1) is 24.8. The molecule has 1 aliphatic heterocycles. The molecule has 2 aromatic carbocycles. The number of carbonyl (C=O) groups is 3. The maximum absolute atomic E-state index is 12.6. The minimum Gasteiger partial charge on any atom is -0.429 e. The van der Waals surface area contributed by atoms with Crippen molar-refractivity contribution in [1.29, 1.82) is 0 Å². The number of carbonyl (C=O) groups excluding carboxylic acids is 3. The molecule has 0 atom stereocenters. The van der Waals surface area contributed by atoms with Crippen molar-refractivity contribution >= 4 is 52.3 Å². The van der Waals surface area contributed by atoms with Crippen molar-refractivity contribution in [2.75, 3.05) is 40.6 Å². The van der Waals surface area contributed by atoms with E-state index in [0.717, 1.165) is 16.0 Å². The van der Waals surface area contributed by atoms with Gasteiger partial charge in [0.2, 0.25) is 0 Å². The van der Waals surface area contributed by atoms with Crippen molar-refractivity contribution in [3.8, 4) is 0 Å². The molecule has 11 nitrogen and oxygen atoms in total. The van der Waals surface area contributed by atoms with Crippen LogP contribution in [0.5, 0.6) is 0 Å². The monoisotopic (exact) mass is 510 g/mol.